The Hall–Kier alpha value is -3.23. The molecule has 1 saturated carbocycles. The van der Waals surface area contributed by atoms with Crippen molar-refractivity contribution in [3.8, 4) is 17.0 Å². The Morgan fingerprint density at radius 3 is 2.86 bits per heavy atom. The topological polar surface area (TPSA) is 80.1 Å². The van der Waals surface area contributed by atoms with Crippen LogP contribution in [0.2, 0.25) is 0 Å². The van der Waals surface area contributed by atoms with Crippen LogP contribution in [-0.2, 0) is 0 Å². The van der Waals surface area contributed by atoms with Gasteiger partial charge in [0.1, 0.15) is 5.65 Å². The molecular weight excluding hydrogens is 378 g/mol. The van der Waals surface area contributed by atoms with Crippen LogP contribution < -0.4 is 10.1 Å². The van der Waals surface area contributed by atoms with Crippen molar-refractivity contribution >= 4 is 22.5 Å². The fraction of sp³-hybridized carbons (Fsp3) is 0.350. The summed E-state index contributed by atoms with van der Waals surface area (Å²) in [4.78, 5) is 12.2. The molecule has 1 aliphatic carbocycles. The number of halogens is 2. The van der Waals surface area contributed by atoms with E-state index in [1.807, 2.05) is 30.6 Å². The molecule has 0 amide bonds. The van der Waals surface area contributed by atoms with Crippen LogP contribution in [0, 0.1) is 0 Å². The molecule has 0 radical (unpaired) electrons. The summed E-state index contributed by atoms with van der Waals surface area (Å²) in [5.41, 5.74) is 3.51. The number of H-pyrrole nitrogens is 1. The van der Waals surface area contributed by atoms with E-state index in [-0.39, 0.29) is 18.9 Å². The lowest BCUT2D eigenvalue weighted by atomic mass is 9.92. The lowest BCUT2D eigenvalue weighted by Crippen LogP contribution is -2.32. The molecule has 1 fully saturated rings. The first kappa shape index (κ1) is 17.8. The molecule has 150 valence electrons. The van der Waals surface area contributed by atoms with Gasteiger partial charge in [0.25, 0.3) is 0 Å². The summed E-state index contributed by atoms with van der Waals surface area (Å²) >= 11 is 0. The molecule has 7 nitrogen and oxygen atoms in total. The molecule has 0 saturated heterocycles. The molecule has 9 heteroatoms. The van der Waals surface area contributed by atoms with Crippen molar-refractivity contribution in [2.75, 3.05) is 12.4 Å². The maximum absolute atomic E-state index is 13.4. The van der Waals surface area contributed by atoms with Gasteiger partial charge in [0.15, 0.2) is 0 Å². The Bertz CT molecular complexity index is 1170. The number of alkyl halides is 2. The number of ether oxygens (including phenoxy) is 1. The Labute approximate surface area is 165 Å². The Balaban J connectivity index is 1.49. The van der Waals surface area contributed by atoms with Gasteiger partial charge < -0.3 is 15.0 Å². The summed E-state index contributed by atoms with van der Waals surface area (Å²) in [7, 11) is 1.56. The lowest BCUT2D eigenvalue weighted by molar-refractivity contribution is -0.0361. The minimum absolute atomic E-state index is 0.0736. The van der Waals surface area contributed by atoms with E-state index >= 15 is 0 Å². The van der Waals surface area contributed by atoms with E-state index in [9.17, 15) is 8.78 Å². The minimum Gasteiger partial charge on any atom is -0.480 e. The standard InChI is InChI=1S/C20H20F2N6O/c1-29-18-16-15(12-5-9-28-14(10-12)4-8-24-28)11-23-17(16)26-19(27-18)25-13-2-6-20(21,22)7-3-13/h4-5,8-11,13H,2-3,6-7H2,1H3,(H2,23,25,26,27). The average molecular weight is 398 g/mol. The van der Waals surface area contributed by atoms with Gasteiger partial charge in [-0.2, -0.15) is 15.1 Å². The van der Waals surface area contributed by atoms with Gasteiger partial charge in [-0.25, -0.2) is 13.3 Å². The number of aromatic amines is 1. The largest absolute Gasteiger partial charge is 0.480 e. The first-order valence-corrected chi connectivity index (χ1v) is 9.54. The van der Waals surface area contributed by atoms with Crippen LogP contribution in [0.3, 0.4) is 0 Å². The third kappa shape index (κ3) is 3.26. The van der Waals surface area contributed by atoms with Gasteiger partial charge in [-0.05, 0) is 36.6 Å². The summed E-state index contributed by atoms with van der Waals surface area (Å²) in [6, 6.07) is 5.86. The second-order valence-electron chi connectivity index (χ2n) is 7.37. The van der Waals surface area contributed by atoms with Crippen molar-refractivity contribution in [1.82, 2.24) is 24.6 Å². The highest BCUT2D eigenvalue weighted by Crippen LogP contribution is 2.36. The number of nitrogens with zero attached hydrogens (tertiary/aromatic N) is 4. The molecule has 0 spiro atoms. The number of anilines is 1. The Kier molecular flexibility index (Phi) is 4.11. The number of nitrogens with one attached hydrogen (secondary N) is 2. The van der Waals surface area contributed by atoms with E-state index in [0.29, 0.717) is 30.3 Å². The summed E-state index contributed by atoms with van der Waals surface area (Å²) in [6.45, 7) is 0. The summed E-state index contributed by atoms with van der Waals surface area (Å²) in [5.74, 6) is -1.75. The fourth-order valence-corrected chi connectivity index (χ4v) is 3.90. The third-order valence-corrected chi connectivity index (χ3v) is 5.45. The summed E-state index contributed by atoms with van der Waals surface area (Å²) in [6.07, 6.45) is 6.05. The van der Waals surface area contributed by atoms with Crippen LogP contribution in [0.1, 0.15) is 25.7 Å². The lowest BCUT2D eigenvalue weighted by Gasteiger charge is -2.28. The predicted molar refractivity (Wildman–Crippen MR) is 105 cm³/mol. The van der Waals surface area contributed by atoms with Crippen molar-refractivity contribution < 1.29 is 13.5 Å². The van der Waals surface area contributed by atoms with Crippen LogP contribution in [0.4, 0.5) is 14.7 Å². The molecular formula is C20H20F2N6O. The zero-order chi connectivity index (χ0) is 20.0. The first-order valence-electron chi connectivity index (χ1n) is 9.54. The number of methoxy groups -OCH3 is 1. The number of hydrogen-bond donors (Lipinski definition) is 2. The van der Waals surface area contributed by atoms with Crippen molar-refractivity contribution in [3.63, 3.8) is 0 Å². The molecule has 0 aliphatic heterocycles. The molecule has 0 unspecified atom stereocenters. The highest BCUT2D eigenvalue weighted by atomic mass is 19.3. The zero-order valence-electron chi connectivity index (χ0n) is 15.8. The van der Waals surface area contributed by atoms with Gasteiger partial charge in [0.05, 0.1) is 18.0 Å². The second kappa shape index (κ2) is 6.68. The molecule has 4 aromatic rings. The Morgan fingerprint density at radius 1 is 1.24 bits per heavy atom. The van der Waals surface area contributed by atoms with E-state index in [2.05, 4.69) is 25.4 Å². The average Bonchev–Trinajstić information content (AvgIpc) is 3.35. The van der Waals surface area contributed by atoms with Crippen LogP contribution in [0.5, 0.6) is 5.88 Å². The van der Waals surface area contributed by atoms with Crippen LogP contribution in [0.25, 0.3) is 27.7 Å². The molecule has 29 heavy (non-hydrogen) atoms. The van der Waals surface area contributed by atoms with Gasteiger partial charge in [-0.15, -0.1) is 0 Å². The van der Waals surface area contributed by atoms with Crippen LogP contribution in [-0.4, -0.2) is 43.6 Å². The number of hydrogen-bond acceptors (Lipinski definition) is 5. The highest BCUT2D eigenvalue weighted by molar-refractivity contribution is 5.98. The molecule has 1 aliphatic rings. The maximum atomic E-state index is 13.4. The van der Waals surface area contributed by atoms with E-state index in [1.165, 1.54) is 0 Å². The summed E-state index contributed by atoms with van der Waals surface area (Å²) < 4.78 is 34.1. The van der Waals surface area contributed by atoms with Gasteiger partial charge >= 0.3 is 0 Å². The highest BCUT2D eigenvalue weighted by Gasteiger charge is 2.35. The molecule has 0 atom stereocenters. The fourth-order valence-electron chi connectivity index (χ4n) is 3.90. The number of fused-ring (bicyclic) bond motifs is 2. The van der Waals surface area contributed by atoms with Crippen molar-refractivity contribution in [2.24, 2.45) is 0 Å². The number of pyridine rings is 1. The van der Waals surface area contributed by atoms with Gasteiger partial charge in [0, 0.05) is 43.0 Å². The second-order valence-corrected chi connectivity index (χ2v) is 7.37. The Morgan fingerprint density at radius 2 is 2.07 bits per heavy atom. The molecule has 0 aromatic carbocycles. The third-order valence-electron chi connectivity index (χ3n) is 5.45. The van der Waals surface area contributed by atoms with Crippen molar-refractivity contribution in [3.05, 3.63) is 36.8 Å². The van der Waals surface area contributed by atoms with Gasteiger partial charge in [-0.1, -0.05) is 0 Å². The predicted octanol–water partition coefficient (Wildman–Crippen LogP) is 4.27. The van der Waals surface area contributed by atoms with Gasteiger partial charge in [-0.3, -0.25) is 0 Å². The number of aromatic nitrogens is 5. The summed E-state index contributed by atoms with van der Waals surface area (Å²) in [5, 5.41) is 8.18. The van der Waals surface area contributed by atoms with E-state index in [1.54, 1.807) is 17.8 Å². The SMILES string of the molecule is COc1nc(NC2CCC(F)(F)CC2)nc2[nH]cc(-c3ccn4nccc4c3)c12. The zero-order valence-corrected chi connectivity index (χ0v) is 15.8. The van der Waals surface area contributed by atoms with Gasteiger partial charge in [0.2, 0.25) is 17.8 Å². The molecule has 4 aromatic heterocycles. The molecule has 4 heterocycles. The normalized spacial score (nSPS) is 17.1. The smallest absolute Gasteiger partial charge is 0.248 e. The van der Waals surface area contributed by atoms with Crippen molar-refractivity contribution in [1.29, 1.82) is 0 Å². The van der Waals surface area contributed by atoms with E-state index < -0.39 is 5.92 Å². The molecule has 5 rings (SSSR count). The monoisotopic (exact) mass is 398 g/mol. The number of rotatable bonds is 4. The quantitative estimate of drug-likeness (QED) is 0.537. The minimum atomic E-state index is -2.56. The molecule has 2 N–H and O–H groups in total. The maximum Gasteiger partial charge on any atom is 0.248 e. The van der Waals surface area contributed by atoms with Crippen LogP contribution >= 0.6 is 0 Å². The van der Waals surface area contributed by atoms with E-state index in [4.69, 9.17) is 4.74 Å². The van der Waals surface area contributed by atoms with E-state index in [0.717, 1.165) is 22.0 Å². The van der Waals surface area contributed by atoms with Crippen molar-refractivity contribution in [2.45, 2.75) is 37.6 Å². The van der Waals surface area contributed by atoms with Crippen LogP contribution in [0.15, 0.2) is 36.8 Å². The first-order chi connectivity index (χ1) is 14.0. The molecule has 0 bridgehead atoms.